The fourth-order valence-corrected chi connectivity index (χ4v) is 4.86. The summed E-state index contributed by atoms with van der Waals surface area (Å²) in [6.07, 6.45) is -0.111. The molecule has 1 aromatic carbocycles. The van der Waals surface area contributed by atoms with Crippen molar-refractivity contribution in [2.24, 2.45) is 0 Å². The van der Waals surface area contributed by atoms with E-state index in [1.807, 2.05) is 6.92 Å². The molecule has 10 nitrogen and oxygen atoms in total. The van der Waals surface area contributed by atoms with Crippen molar-refractivity contribution >= 4 is 40.9 Å². The van der Waals surface area contributed by atoms with Crippen LogP contribution in [0.2, 0.25) is 0 Å². The average Bonchev–Trinajstić information content (AvgIpc) is 3.17. The summed E-state index contributed by atoms with van der Waals surface area (Å²) in [6, 6.07) is 3.04. The number of nitro benzene ring substituents is 1. The van der Waals surface area contributed by atoms with Gasteiger partial charge in [-0.1, -0.05) is 0 Å². The van der Waals surface area contributed by atoms with E-state index in [-0.39, 0.29) is 23.0 Å². The minimum Gasteiger partial charge on any atom is -0.495 e. The maximum atomic E-state index is 12.6. The van der Waals surface area contributed by atoms with Crippen LogP contribution in [-0.2, 0) is 19.1 Å². The molecule has 1 N–H and O–H groups in total. The first-order valence-electron chi connectivity index (χ1n) is 8.96. The first-order valence-corrected chi connectivity index (χ1v) is 9.95. The number of nitrogens with one attached hydrogen (secondary N) is 1. The van der Waals surface area contributed by atoms with Crippen LogP contribution in [0.25, 0.3) is 0 Å². The summed E-state index contributed by atoms with van der Waals surface area (Å²) in [4.78, 5) is 48.7. The maximum absolute atomic E-state index is 12.6. The van der Waals surface area contributed by atoms with Crippen LogP contribution in [0.3, 0.4) is 0 Å². The van der Waals surface area contributed by atoms with Crippen LogP contribution in [0.4, 0.5) is 11.4 Å². The number of esters is 1. The Balaban J connectivity index is 1.67. The number of nitrogens with zero attached hydrogens (tertiary/aromatic N) is 2. The van der Waals surface area contributed by atoms with E-state index in [0.717, 1.165) is 6.07 Å². The molecule has 2 aliphatic heterocycles. The molecule has 0 spiro atoms. The topological polar surface area (TPSA) is 128 Å². The third-order valence-corrected chi connectivity index (χ3v) is 6.54. The molecule has 0 saturated carbocycles. The molecule has 0 radical (unpaired) electrons. The maximum Gasteiger partial charge on any atom is 0.330 e. The number of fused-ring (bicyclic) bond motifs is 1. The second kappa shape index (κ2) is 7.90. The van der Waals surface area contributed by atoms with E-state index >= 15 is 0 Å². The van der Waals surface area contributed by atoms with Crippen LogP contribution in [0.15, 0.2) is 18.2 Å². The second-order valence-electron chi connectivity index (χ2n) is 6.98. The van der Waals surface area contributed by atoms with Crippen LogP contribution in [0, 0.1) is 10.1 Å². The minimum atomic E-state index is -1.17. The summed E-state index contributed by atoms with van der Waals surface area (Å²) in [7, 11) is 1.36. The SMILES string of the molecule is COc1ccc([N+](=O)[O-])cc1NC(=O)[C@H](C)OC(=O)[C@H]1CS[C@]2(C)CCC(=O)N12. The number of hydrogen-bond acceptors (Lipinski definition) is 8. The molecule has 0 aromatic heterocycles. The zero-order valence-electron chi connectivity index (χ0n) is 16.2. The number of hydrogen-bond donors (Lipinski definition) is 1. The van der Waals surface area contributed by atoms with Crippen LogP contribution < -0.4 is 10.1 Å². The van der Waals surface area contributed by atoms with Gasteiger partial charge in [0.2, 0.25) is 5.91 Å². The summed E-state index contributed by atoms with van der Waals surface area (Å²) in [5.74, 6) is -0.775. The number of thioether (sulfide) groups is 1. The highest BCUT2D eigenvalue weighted by Crippen LogP contribution is 2.47. The fourth-order valence-electron chi connectivity index (χ4n) is 3.44. The zero-order valence-corrected chi connectivity index (χ0v) is 17.0. The van der Waals surface area contributed by atoms with Crippen molar-refractivity contribution in [3.05, 3.63) is 28.3 Å². The highest BCUT2D eigenvalue weighted by Gasteiger charge is 2.53. The van der Waals surface area contributed by atoms with Crippen LogP contribution in [0.1, 0.15) is 26.7 Å². The van der Waals surface area contributed by atoms with E-state index in [1.165, 1.54) is 37.9 Å². The molecule has 11 heteroatoms. The third kappa shape index (κ3) is 4.00. The molecule has 2 aliphatic rings. The predicted octanol–water partition coefficient (Wildman–Crippen LogP) is 1.93. The molecular formula is C18H21N3O7S. The van der Waals surface area contributed by atoms with Gasteiger partial charge in [-0.15, -0.1) is 11.8 Å². The Morgan fingerprint density at radius 2 is 2.17 bits per heavy atom. The highest BCUT2D eigenvalue weighted by molar-refractivity contribution is 8.01. The summed E-state index contributed by atoms with van der Waals surface area (Å²) >= 11 is 1.53. The van der Waals surface area contributed by atoms with Crippen molar-refractivity contribution in [2.75, 3.05) is 18.2 Å². The van der Waals surface area contributed by atoms with E-state index in [0.29, 0.717) is 18.6 Å². The molecule has 156 valence electrons. The summed E-state index contributed by atoms with van der Waals surface area (Å²) in [5, 5.41) is 13.4. The Labute approximate surface area is 171 Å². The van der Waals surface area contributed by atoms with E-state index in [2.05, 4.69) is 5.32 Å². The molecule has 3 atom stereocenters. The van der Waals surface area contributed by atoms with Gasteiger partial charge in [0.05, 0.1) is 22.6 Å². The molecule has 29 heavy (non-hydrogen) atoms. The first kappa shape index (κ1) is 20.9. The molecule has 2 heterocycles. The van der Waals surface area contributed by atoms with Gasteiger partial charge < -0.3 is 19.7 Å². The van der Waals surface area contributed by atoms with E-state index in [9.17, 15) is 24.5 Å². The number of anilines is 1. The van der Waals surface area contributed by atoms with Gasteiger partial charge in [-0.2, -0.15) is 0 Å². The summed E-state index contributed by atoms with van der Waals surface area (Å²) < 4.78 is 10.4. The Hall–Kier alpha value is -2.82. The lowest BCUT2D eigenvalue weighted by Crippen LogP contribution is -2.48. The fraction of sp³-hybridized carbons (Fsp3) is 0.500. The number of amides is 2. The van der Waals surface area contributed by atoms with E-state index in [4.69, 9.17) is 9.47 Å². The van der Waals surface area contributed by atoms with Gasteiger partial charge in [0.15, 0.2) is 6.10 Å². The number of benzene rings is 1. The van der Waals surface area contributed by atoms with Crippen molar-refractivity contribution in [3.8, 4) is 5.75 Å². The minimum absolute atomic E-state index is 0.0910. The van der Waals surface area contributed by atoms with Crippen molar-refractivity contribution < 1.29 is 28.8 Å². The van der Waals surface area contributed by atoms with Crippen molar-refractivity contribution in [2.45, 2.75) is 43.7 Å². The number of nitro groups is 1. The van der Waals surface area contributed by atoms with Crippen LogP contribution in [0.5, 0.6) is 5.75 Å². The number of carbonyl (C=O) groups excluding carboxylic acids is 3. The van der Waals surface area contributed by atoms with Gasteiger partial charge in [0.25, 0.3) is 11.6 Å². The molecule has 3 rings (SSSR count). The molecule has 2 fully saturated rings. The average molecular weight is 423 g/mol. The number of methoxy groups -OCH3 is 1. The lowest BCUT2D eigenvalue weighted by molar-refractivity contribution is -0.384. The smallest absolute Gasteiger partial charge is 0.330 e. The lowest BCUT2D eigenvalue weighted by atomic mass is 10.2. The predicted molar refractivity (Wildman–Crippen MR) is 105 cm³/mol. The van der Waals surface area contributed by atoms with E-state index in [1.54, 1.807) is 4.90 Å². The normalized spacial score (nSPS) is 24.0. The zero-order chi connectivity index (χ0) is 21.3. The van der Waals surface area contributed by atoms with Gasteiger partial charge in [-0.05, 0) is 26.3 Å². The van der Waals surface area contributed by atoms with Gasteiger partial charge in [-0.3, -0.25) is 19.7 Å². The second-order valence-corrected chi connectivity index (χ2v) is 8.48. The van der Waals surface area contributed by atoms with Gasteiger partial charge in [0.1, 0.15) is 11.8 Å². The molecule has 0 unspecified atom stereocenters. The van der Waals surface area contributed by atoms with Gasteiger partial charge >= 0.3 is 5.97 Å². The Morgan fingerprint density at radius 1 is 1.45 bits per heavy atom. The summed E-state index contributed by atoms with van der Waals surface area (Å²) in [6.45, 7) is 3.31. The Morgan fingerprint density at radius 3 is 2.83 bits per heavy atom. The molecule has 0 bridgehead atoms. The van der Waals surface area contributed by atoms with Gasteiger partial charge in [-0.25, -0.2) is 4.79 Å². The third-order valence-electron chi connectivity index (χ3n) is 5.03. The molecular weight excluding hydrogens is 402 g/mol. The molecule has 1 aromatic rings. The first-order chi connectivity index (χ1) is 13.7. The van der Waals surface area contributed by atoms with Crippen molar-refractivity contribution in [1.82, 2.24) is 4.90 Å². The summed E-state index contributed by atoms with van der Waals surface area (Å²) in [5.41, 5.74) is -0.131. The number of non-ortho nitro benzene ring substituents is 1. The van der Waals surface area contributed by atoms with Crippen LogP contribution in [-0.4, -0.2) is 57.5 Å². The molecule has 2 amide bonds. The van der Waals surface area contributed by atoms with Crippen molar-refractivity contribution in [3.63, 3.8) is 0 Å². The number of rotatable bonds is 6. The molecule has 2 saturated heterocycles. The quantitative estimate of drug-likeness (QED) is 0.418. The standard InChI is InChI=1S/C18H21N3O7S/c1-10(16(23)19-12-8-11(21(25)26)4-5-14(12)27-3)28-17(24)13-9-29-18(2)7-6-15(22)20(13)18/h4-5,8,10,13H,6-7,9H2,1-3H3,(H,19,23)/t10-,13+,18+/m0/s1. The molecule has 0 aliphatic carbocycles. The van der Waals surface area contributed by atoms with E-state index < -0.39 is 33.8 Å². The lowest BCUT2D eigenvalue weighted by Gasteiger charge is -2.29. The number of carbonyl (C=O) groups is 3. The van der Waals surface area contributed by atoms with Crippen LogP contribution >= 0.6 is 11.8 Å². The van der Waals surface area contributed by atoms with Crippen molar-refractivity contribution in [1.29, 1.82) is 0 Å². The Kier molecular flexibility index (Phi) is 5.69. The monoisotopic (exact) mass is 423 g/mol. The Bertz CT molecular complexity index is 877. The van der Waals surface area contributed by atoms with Gasteiger partial charge in [0, 0.05) is 24.3 Å². The number of ether oxygens (including phenoxy) is 2. The highest BCUT2D eigenvalue weighted by atomic mass is 32.2. The largest absolute Gasteiger partial charge is 0.495 e.